The first kappa shape index (κ1) is 10.2. The molecule has 2 rings (SSSR count). The molecule has 0 aromatic carbocycles. The number of nitrogens with one attached hydrogen (secondary N) is 1. The van der Waals surface area contributed by atoms with Gasteiger partial charge in [-0.3, -0.25) is 0 Å². The van der Waals surface area contributed by atoms with E-state index >= 15 is 0 Å². The molecule has 1 aliphatic rings. The van der Waals surface area contributed by atoms with Gasteiger partial charge in [-0.2, -0.15) is 0 Å². The molecule has 5 nitrogen and oxygen atoms in total. The molecule has 1 atom stereocenters. The molecule has 15 heavy (non-hydrogen) atoms. The van der Waals surface area contributed by atoms with E-state index < -0.39 is 0 Å². The zero-order valence-corrected chi connectivity index (χ0v) is 8.77. The van der Waals surface area contributed by atoms with Gasteiger partial charge in [-0.1, -0.05) is 0 Å². The van der Waals surface area contributed by atoms with Gasteiger partial charge in [-0.05, 0) is 19.8 Å². The smallest absolute Gasteiger partial charge is 0.136 e. The van der Waals surface area contributed by atoms with E-state index in [-0.39, 0.29) is 12.6 Å². The molecule has 1 unspecified atom stereocenters. The van der Waals surface area contributed by atoms with Crippen LogP contribution in [0.1, 0.15) is 31.5 Å². The Morgan fingerprint density at radius 2 is 2.33 bits per heavy atom. The Balaban J connectivity index is 2.15. The van der Waals surface area contributed by atoms with Crippen molar-refractivity contribution < 1.29 is 5.11 Å². The Hall–Kier alpha value is -1.36. The van der Waals surface area contributed by atoms with E-state index in [0.717, 1.165) is 18.7 Å². The fourth-order valence-corrected chi connectivity index (χ4v) is 1.38. The van der Waals surface area contributed by atoms with Crippen LogP contribution in [-0.4, -0.2) is 27.7 Å². The number of aliphatic hydroxyl groups is 1. The van der Waals surface area contributed by atoms with Crippen LogP contribution in [0.2, 0.25) is 0 Å². The summed E-state index contributed by atoms with van der Waals surface area (Å²) >= 11 is 0. The van der Waals surface area contributed by atoms with Gasteiger partial charge in [0.1, 0.15) is 17.5 Å². The highest BCUT2D eigenvalue weighted by Gasteiger charge is 2.27. The number of rotatable bonds is 4. The molecule has 1 aromatic rings. The Labute approximate surface area is 88.7 Å². The molecule has 4 N–H and O–H groups in total. The van der Waals surface area contributed by atoms with Crippen LogP contribution >= 0.6 is 0 Å². The number of aromatic nitrogens is 2. The van der Waals surface area contributed by atoms with Crippen LogP contribution in [0.5, 0.6) is 0 Å². The molecule has 0 amide bonds. The van der Waals surface area contributed by atoms with Gasteiger partial charge >= 0.3 is 0 Å². The minimum atomic E-state index is -0.0219. The van der Waals surface area contributed by atoms with Crippen molar-refractivity contribution in [1.29, 1.82) is 0 Å². The Kier molecular flexibility index (Phi) is 2.73. The summed E-state index contributed by atoms with van der Waals surface area (Å²) in [4.78, 5) is 8.56. The highest BCUT2D eigenvalue weighted by Crippen LogP contribution is 2.38. The molecule has 82 valence electrons. The third-order valence-corrected chi connectivity index (χ3v) is 2.37. The molecule has 1 aliphatic carbocycles. The largest absolute Gasteiger partial charge is 0.394 e. The summed E-state index contributed by atoms with van der Waals surface area (Å²) in [5, 5.41) is 12.0. The normalized spacial score (nSPS) is 17.5. The second-order valence-electron chi connectivity index (χ2n) is 4.04. The first-order valence-corrected chi connectivity index (χ1v) is 5.21. The van der Waals surface area contributed by atoms with Crippen molar-refractivity contribution in [1.82, 2.24) is 9.97 Å². The van der Waals surface area contributed by atoms with Gasteiger partial charge < -0.3 is 16.2 Å². The fourth-order valence-electron chi connectivity index (χ4n) is 1.38. The van der Waals surface area contributed by atoms with Gasteiger partial charge in [0, 0.05) is 18.0 Å². The summed E-state index contributed by atoms with van der Waals surface area (Å²) in [6, 6.07) is 1.67. The number of nitrogens with zero attached hydrogens (tertiary/aromatic N) is 2. The molecule has 1 saturated carbocycles. The molecule has 0 saturated heterocycles. The van der Waals surface area contributed by atoms with E-state index in [1.807, 2.05) is 6.92 Å². The monoisotopic (exact) mass is 208 g/mol. The van der Waals surface area contributed by atoms with Crippen molar-refractivity contribution >= 4 is 11.6 Å². The molecule has 0 aliphatic heterocycles. The maximum Gasteiger partial charge on any atom is 0.136 e. The molecule has 0 radical (unpaired) electrons. The SMILES string of the molecule is CC(CO)Nc1cc(N)nc(C2CC2)n1. The summed E-state index contributed by atoms with van der Waals surface area (Å²) < 4.78 is 0. The van der Waals surface area contributed by atoms with Gasteiger partial charge in [-0.25, -0.2) is 9.97 Å². The van der Waals surface area contributed by atoms with Crippen LogP contribution in [0.25, 0.3) is 0 Å². The molecular formula is C10H16N4O. The van der Waals surface area contributed by atoms with Crippen molar-refractivity contribution in [2.45, 2.75) is 31.7 Å². The van der Waals surface area contributed by atoms with Crippen molar-refractivity contribution in [3.63, 3.8) is 0 Å². The summed E-state index contributed by atoms with van der Waals surface area (Å²) in [6.45, 7) is 1.96. The Morgan fingerprint density at radius 1 is 1.60 bits per heavy atom. The lowest BCUT2D eigenvalue weighted by atomic mass is 10.3. The second kappa shape index (κ2) is 4.02. The van der Waals surface area contributed by atoms with E-state index in [2.05, 4.69) is 15.3 Å². The molecule has 1 fully saturated rings. The molecule has 1 heterocycles. The maximum atomic E-state index is 8.92. The second-order valence-corrected chi connectivity index (χ2v) is 4.04. The lowest BCUT2D eigenvalue weighted by Gasteiger charge is -2.12. The van der Waals surface area contributed by atoms with Gasteiger partial charge in [0.2, 0.25) is 0 Å². The minimum Gasteiger partial charge on any atom is -0.394 e. The third-order valence-electron chi connectivity index (χ3n) is 2.37. The van der Waals surface area contributed by atoms with Gasteiger partial charge in [-0.15, -0.1) is 0 Å². The quantitative estimate of drug-likeness (QED) is 0.679. The lowest BCUT2D eigenvalue weighted by Crippen LogP contribution is -2.20. The predicted octanol–water partition coefficient (Wildman–Crippen LogP) is 0.729. The summed E-state index contributed by atoms with van der Waals surface area (Å²) in [5.74, 6) is 2.49. The summed E-state index contributed by atoms with van der Waals surface area (Å²) in [6.07, 6.45) is 2.30. The molecule has 0 bridgehead atoms. The van der Waals surface area contributed by atoms with E-state index in [4.69, 9.17) is 10.8 Å². The van der Waals surface area contributed by atoms with Crippen molar-refractivity contribution in [3.05, 3.63) is 11.9 Å². The zero-order chi connectivity index (χ0) is 10.8. The minimum absolute atomic E-state index is 0.0219. The first-order chi connectivity index (χ1) is 7.19. The highest BCUT2D eigenvalue weighted by atomic mass is 16.3. The first-order valence-electron chi connectivity index (χ1n) is 5.21. The average molecular weight is 208 g/mol. The van der Waals surface area contributed by atoms with Crippen LogP contribution in [0.15, 0.2) is 6.07 Å². The number of aliphatic hydroxyl groups excluding tert-OH is 1. The fraction of sp³-hybridized carbons (Fsp3) is 0.600. The van der Waals surface area contributed by atoms with E-state index in [9.17, 15) is 0 Å². The average Bonchev–Trinajstić information content (AvgIpc) is 2.99. The van der Waals surface area contributed by atoms with Crippen molar-refractivity contribution in [3.8, 4) is 0 Å². The Morgan fingerprint density at radius 3 is 2.93 bits per heavy atom. The summed E-state index contributed by atoms with van der Waals surface area (Å²) in [7, 11) is 0. The van der Waals surface area contributed by atoms with Crippen molar-refractivity contribution in [2.24, 2.45) is 0 Å². The van der Waals surface area contributed by atoms with E-state index in [0.29, 0.717) is 17.6 Å². The van der Waals surface area contributed by atoms with Crippen LogP contribution in [0.3, 0.4) is 0 Å². The van der Waals surface area contributed by atoms with Crippen LogP contribution in [0, 0.1) is 0 Å². The Bertz CT molecular complexity index is 351. The standard InChI is InChI=1S/C10H16N4O/c1-6(5-15)12-9-4-8(11)13-10(14-9)7-2-3-7/h4,6-7,15H,2-3,5H2,1H3,(H3,11,12,13,14). The van der Waals surface area contributed by atoms with Gasteiger partial charge in [0.25, 0.3) is 0 Å². The number of nitrogen functional groups attached to an aromatic ring is 1. The number of anilines is 2. The number of hydrogen-bond acceptors (Lipinski definition) is 5. The predicted molar refractivity (Wildman–Crippen MR) is 58.6 cm³/mol. The molecule has 5 heteroatoms. The van der Waals surface area contributed by atoms with E-state index in [1.54, 1.807) is 6.07 Å². The van der Waals surface area contributed by atoms with Crippen molar-refractivity contribution in [2.75, 3.05) is 17.7 Å². The number of nitrogens with two attached hydrogens (primary N) is 1. The molecule has 1 aromatic heterocycles. The van der Waals surface area contributed by atoms with Gasteiger partial charge in [0.15, 0.2) is 0 Å². The zero-order valence-electron chi connectivity index (χ0n) is 8.77. The lowest BCUT2D eigenvalue weighted by molar-refractivity contribution is 0.281. The number of hydrogen-bond donors (Lipinski definition) is 3. The van der Waals surface area contributed by atoms with E-state index in [1.165, 1.54) is 0 Å². The van der Waals surface area contributed by atoms with Crippen LogP contribution < -0.4 is 11.1 Å². The maximum absolute atomic E-state index is 8.92. The third kappa shape index (κ3) is 2.56. The van der Waals surface area contributed by atoms with Gasteiger partial charge in [0.05, 0.1) is 6.61 Å². The van der Waals surface area contributed by atoms with Crippen LogP contribution in [-0.2, 0) is 0 Å². The highest BCUT2D eigenvalue weighted by molar-refractivity contribution is 5.45. The molecule has 0 spiro atoms. The topological polar surface area (TPSA) is 84.1 Å². The van der Waals surface area contributed by atoms with Crippen LogP contribution in [0.4, 0.5) is 11.6 Å². The summed E-state index contributed by atoms with van der Waals surface area (Å²) in [5.41, 5.74) is 5.69. The molecular weight excluding hydrogens is 192 g/mol.